The van der Waals surface area contributed by atoms with E-state index in [2.05, 4.69) is 10.1 Å². The van der Waals surface area contributed by atoms with Crippen molar-refractivity contribution in [2.24, 2.45) is 0 Å². The zero-order valence-corrected chi connectivity index (χ0v) is 12.8. The molecule has 0 aliphatic rings. The number of aliphatic carboxylic acids is 1. The molecule has 0 aliphatic carbocycles. The number of hydrogen-bond acceptors (Lipinski definition) is 5. The Balaban J connectivity index is 0.00000242. The van der Waals surface area contributed by atoms with Crippen molar-refractivity contribution >= 4 is 18.4 Å². The number of hydrogen-bond donors (Lipinski definition) is 1. The molecule has 0 amide bonds. The summed E-state index contributed by atoms with van der Waals surface area (Å²) in [5, 5.41) is 12.7. The smallest absolute Gasteiger partial charge is 0.317 e. The topological polar surface area (TPSA) is 79.5 Å². The van der Waals surface area contributed by atoms with Gasteiger partial charge in [0.2, 0.25) is 11.7 Å². The number of carboxylic acid groups (broad SMARTS) is 1. The highest BCUT2D eigenvalue weighted by atomic mass is 35.5. The molecule has 2 aromatic rings. The molecular formula is C14H17ClFN3O3. The van der Waals surface area contributed by atoms with Crippen LogP contribution in [0.2, 0.25) is 0 Å². The summed E-state index contributed by atoms with van der Waals surface area (Å²) in [6.45, 7) is 2.78. The van der Waals surface area contributed by atoms with Gasteiger partial charge in [-0.05, 0) is 37.2 Å². The van der Waals surface area contributed by atoms with Gasteiger partial charge in [-0.1, -0.05) is 12.1 Å². The largest absolute Gasteiger partial charge is 0.480 e. The maximum Gasteiger partial charge on any atom is 0.317 e. The highest BCUT2D eigenvalue weighted by Crippen LogP contribution is 2.16. The average molecular weight is 330 g/mol. The first-order valence-corrected chi connectivity index (χ1v) is 6.61. The molecule has 1 heterocycles. The van der Waals surface area contributed by atoms with Crippen LogP contribution < -0.4 is 0 Å². The first-order chi connectivity index (χ1) is 10.1. The minimum atomic E-state index is -0.901. The minimum Gasteiger partial charge on any atom is -0.480 e. The zero-order chi connectivity index (χ0) is 15.2. The van der Waals surface area contributed by atoms with Crippen molar-refractivity contribution in [2.75, 3.05) is 13.1 Å². The minimum absolute atomic E-state index is 0. The van der Waals surface area contributed by atoms with Gasteiger partial charge in [0.05, 0.1) is 13.1 Å². The molecule has 120 valence electrons. The molecule has 1 N–H and O–H groups in total. The maximum atomic E-state index is 12.9. The molecule has 0 atom stereocenters. The molecule has 0 saturated carbocycles. The van der Waals surface area contributed by atoms with E-state index in [1.807, 2.05) is 6.92 Å². The van der Waals surface area contributed by atoms with Gasteiger partial charge in [-0.2, -0.15) is 4.98 Å². The number of benzene rings is 1. The Kier molecular flexibility index (Phi) is 6.94. The van der Waals surface area contributed by atoms with Crippen LogP contribution in [0.15, 0.2) is 28.8 Å². The summed E-state index contributed by atoms with van der Waals surface area (Å²) < 4.78 is 18.0. The van der Waals surface area contributed by atoms with Crippen molar-refractivity contribution in [3.05, 3.63) is 36.0 Å². The van der Waals surface area contributed by atoms with E-state index in [9.17, 15) is 9.18 Å². The van der Waals surface area contributed by atoms with Gasteiger partial charge in [-0.15, -0.1) is 12.4 Å². The molecule has 0 unspecified atom stereocenters. The first-order valence-electron chi connectivity index (χ1n) is 6.61. The van der Waals surface area contributed by atoms with Crippen LogP contribution in [0.25, 0.3) is 11.4 Å². The van der Waals surface area contributed by atoms with E-state index >= 15 is 0 Å². The third kappa shape index (κ3) is 5.09. The number of rotatable bonds is 7. The van der Waals surface area contributed by atoms with Crippen LogP contribution in [-0.4, -0.2) is 39.2 Å². The molecule has 0 bridgehead atoms. The van der Waals surface area contributed by atoms with Crippen LogP contribution >= 0.6 is 12.4 Å². The predicted octanol–water partition coefficient (Wildman–Crippen LogP) is 2.59. The van der Waals surface area contributed by atoms with E-state index in [0.717, 1.165) is 6.42 Å². The van der Waals surface area contributed by atoms with E-state index < -0.39 is 5.97 Å². The second-order valence-corrected chi connectivity index (χ2v) is 4.62. The van der Waals surface area contributed by atoms with Gasteiger partial charge < -0.3 is 9.63 Å². The van der Waals surface area contributed by atoms with Crippen LogP contribution in [-0.2, 0) is 11.3 Å². The van der Waals surface area contributed by atoms with E-state index in [0.29, 0.717) is 23.8 Å². The molecule has 0 spiro atoms. The second-order valence-electron chi connectivity index (χ2n) is 4.62. The molecule has 1 aromatic carbocycles. The molecular weight excluding hydrogens is 313 g/mol. The van der Waals surface area contributed by atoms with Gasteiger partial charge in [-0.25, -0.2) is 4.39 Å². The van der Waals surface area contributed by atoms with Crippen molar-refractivity contribution in [1.82, 2.24) is 15.0 Å². The van der Waals surface area contributed by atoms with E-state index in [-0.39, 0.29) is 31.3 Å². The third-order valence-corrected chi connectivity index (χ3v) is 2.83. The summed E-state index contributed by atoms with van der Waals surface area (Å²) in [6, 6.07) is 5.76. The van der Waals surface area contributed by atoms with Crippen LogP contribution in [0.1, 0.15) is 19.2 Å². The van der Waals surface area contributed by atoms with Crippen molar-refractivity contribution in [3.63, 3.8) is 0 Å². The summed E-state index contributed by atoms with van der Waals surface area (Å²) in [5.74, 6) is -0.541. The first kappa shape index (κ1) is 18.1. The van der Waals surface area contributed by atoms with E-state index in [1.54, 1.807) is 17.0 Å². The van der Waals surface area contributed by atoms with Crippen molar-refractivity contribution in [2.45, 2.75) is 19.9 Å². The molecule has 6 nitrogen and oxygen atoms in total. The van der Waals surface area contributed by atoms with Crippen LogP contribution in [0.3, 0.4) is 0 Å². The van der Waals surface area contributed by atoms with E-state index in [4.69, 9.17) is 9.63 Å². The fraction of sp³-hybridized carbons (Fsp3) is 0.357. The predicted molar refractivity (Wildman–Crippen MR) is 80.1 cm³/mol. The molecule has 8 heteroatoms. The second kappa shape index (κ2) is 8.45. The lowest BCUT2D eigenvalue weighted by atomic mass is 10.2. The van der Waals surface area contributed by atoms with Gasteiger partial charge in [0.25, 0.3) is 0 Å². The highest BCUT2D eigenvalue weighted by molar-refractivity contribution is 5.85. The zero-order valence-electron chi connectivity index (χ0n) is 12.0. The van der Waals surface area contributed by atoms with Crippen LogP contribution in [0, 0.1) is 5.82 Å². The van der Waals surface area contributed by atoms with Gasteiger partial charge in [0.15, 0.2) is 0 Å². The Hall–Kier alpha value is -1.99. The van der Waals surface area contributed by atoms with Crippen molar-refractivity contribution < 1.29 is 18.8 Å². The lowest BCUT2D eigenvalue weighted by molar-refractivity contribution is -0.138. The molecule has 2 rings (SSSR count). The quantitative estimate of drug-likeness (QED) is 0.841. The summed E-state index contributed by atoms with van der Waals surface area (Å²) in [5.41, 5.74) is 0.645. The molecule has 0 radical (unpaired) electrons. The van der Waals surface area contributed by atoms with Crippen LogP contribution in [0.5, 0.6) is 0 Å². The van der Waals surface area contributed by atoms with Gasteiger partial charge in [0.1, 0.15) is 5.82 Å². The monoisotopic (exact) mass is 329 g/mol. The summed E-state index contributed by atoms with van der Waals surface area (Å²) in [6.07, 6.45) is 0.826. The third-order valence-electron chi connectivity index (χ3n) is 2.83. The summed E-state index contributed by atoms with van der Waals surface area (Å²) in [4.78, 5) is 16.7. The van der Waals surface area contributed by atoms with Gasteiger partial charge in [-0.3, -0.25) is 9.69 Å². The molecule has 0 saturated heterocycles. The van der Waals surface area contributed by atoms with E-state index in [1.165, 1.54) is 12.1 Å². The number of aromatic nitrogens is 2. The molecule has 22 heavy (non-hydrogen) atoms. The fourth-order valence-electron chi connectivity index (χ4n) is 1.95. The Labute approximate surface area is 133 Å². The molecule has 0 aliphatic heterocycles. The Morgan fingerprint density at radius 3 is 2.64 bits per heavy atom. The molecule has 0 fully saturated rings. The van der Waals surface area contributed by atoms with Gasteiger partial charge >= 0.3 is 5.97 Å². The number of nitrogens with zero attached hydrogens (tertiary/aromatic N) is 3. The summed E-state index contributed by atoms with van der Waals surface area (Å²) >= 11 is 0. The average Bonchev–Trinajstić information content (AvgIpc) is 2.87. The lowest BCUT2D eigenvalue weighted by Crippen LogP contribution is -2.30. The standard InChI is InChI=1S/C14H16FN3O3.ClH/c1-2-7-18(9-13(19)20)8-12-16-14(17-21-12)10-3-5-11(15)6-4-10;/h3-6H,2,7-9H2,1H3,(H,19,20);1H. The normalized spacial score (nSPS) is 10.5. The van der Waals surface area contributed by atoms with Crippen LogP contribution in [0.4, 0.5) is 4.39 Å². The maximum absolute atomic E-state index is 12.9. The number of halogens is 2. The highest BCUT2D eigenvalue weighted by Gasteiger charge is 2.15. The Morgan fingerprint density at radius 1 is 1.36 bits per heavy atom. The number of carbonyl (C=O) groups is 1. The van der Waals surface area contributed by atoms with Gasteiger partial charge in [0, 0.05) is 5.56 Å². The SMILES string of the molecule is CCCN(CC(=O)O)Cc1nc(-c2ccc(F)cc2)no1.Cl. The fourth-order valence-corrected chi connectivity index (χ4v) is 1.95. The Bertz CT molecular complexity index is 604. The molecule has 1 aromatic heterocycles. The van der Waals surface area contributed by atoms with Crippen molar-refractivity contribution in [3.8, 4) is 11.4 Å². The lowest BCUT2D eigenvalue weighted by Gasteiger charge is -2.16. The Morgan fingerprint density at radius 2 is 2.05 bits per heavy atom. The number of carboxylic acids is 1. The van der Waals surface area contributed by atoms with Crippen molar-refractivity contribution in [1.29, 1.82) is 0 Å². The summed E-state index contributed by atoms with van der Waals surface area (Å²) in [7, 11) is 0.